The van der Waals surface area contributed by atoms with Gasteiger partial charge in [0, 0.05) is 29.4 Å². The Bertz CT molecular complexity index is 1270. The first-order chi connectivity index (χ1) is 14.1. The highest BCUT2D eigenvalue weighted by Gasteiger charge is 2.16. The van der Waals surface area contributed by atoms with E-state index in [1.54, 1.807) is 24.7 Å². The predicted octanol–water partition coefficient (Wildman–Crippen LogP) is 4.33. The Hall–Kier alpha value is -3.73. The van der Waals surface area contributed by atoms with Gasteiger partial charge < -0.3 is 5.11 Å². The largest absolute Gasteiger partial charge is 0.494 e. The lowest BCUT2D eigenvalue weighted by atomic mass is 10.1. The monoisotopic (exact) mass is 383 g/mol. The minimum absolute atomic E-state index is 0.115. The number of hydrogen-bond donors (Lipinski definition) is 1. The average molecular weight is 383 g/mol. The number of pyridine rings is 2. The van der Waals surface area contributed by atoms with Crippen molar-refractivity contribution in [2.75, 3.05) is 0 Å². The smallest absolute Gasteiger partial charge is 0.265 e. The number of fused-ring (bicyclic) bond motifs is 1. The standard InChI is InChI=1S/C24H21N3O2/c1-16-7-8-19(13-17(16)2)27-23(28)21-6-4-3-5-20(21)22(24(27)29)15-26-14-18-9-11-25-12-10-18/h3-13,15,29H,14H2,1-2H3. The third-order valence-corrected chi connectivity index (χ3v) is 5.10. The van der Waals surface area contributed by atoms with Crippen molar-refractivity contribution in [3.8, 4) is 11.6 Å². The van der Waals surface area contributed by atoms with Gasteiger partial charge >= 0.3 is 0 Å². The van der Waals surface area contributed by atoms with E-state index in [0.717, 1.165) is 16.7 Å². The quantitative estimate of drug-likeness (QED) is 0.534. The first-order valence-electron chi connectivity index (χ1n) is 9.39. The number of aromatic nitrogens is 2. The van der Waals surface area contributed by atoms with Gasteiger partial charge in [-0.2, -0.15) is 0 Å². The van der Waals surface area contributed by atoms with Gasteiger partial charge in [0.15, 0.2) is 0 Å². The molecular weight excluding hydrogens is 362 g/mol. The number of aliphatic imine (C=N–C) groups is 1. The fourth-order valence-corrected chi connectivity index (χ4v) is 3.32. The summed E-state index contributed by atoms with van der Waals surface area (Å²) in [4.78, 5) is 21.6. The zero-order valence-corrected chi connectivity index (χ0v) is 16.3. The highest BCUT2D eigenvalue weighted by Crippen LogP contribution is 2.26. The zero-order chi connectivity index (χ0) is 20.4. The minimum atomic E-state index is -0.257. The van der Waals surface area contributed by atoms with E-state index in [9.17, 15) is 9.90 Å². The maximum Gasteiger partial charge on any atom is 0.265 e. The lowest BCUT2D eigenvalue weighted by Crippen LogP contribution is -2.20. The Morgan fingerprint density at radius 3 is 2.45 bits per heavy atom. The molecule has 0 spiro atoms. The van der Waals surface area contributed by atoms with Crippen LogP contribution in [0.3, 0.4) is 0 Å². The summed E-state index contributed by atoms with van der Waals surface area (Å²) in [6.07, 6.45) is 5.07. The van der Waals surface area contributed by atoms with Crippen molar-refractivity contribution in [3.05, 3.63) is 99.6 Å². The lowest BCUT2D eigenvalue weighted by Gasteiger charge is -2.14. The van der Waals surface area contributed by atoms with E-state index < -0.39 is 0 Å². The molecule has 0 unspecified atom stereocenters. The summed E-state index contributed by atoms with van der Waals surface area (Å²) in [5.41, 5.74) is 4.09. The van der Waals surface area contributed by atoms with Crippen LogP contribution in [0.4, 0.5) is 0 Å². The van der Waals surface area contributed by atoms with Gasteiger partial charge in [-0.3, -0.25) is 14.8 Å². The van der Waals surface area contributed by atoms with Crippen LogP contribution in [0.5, 0.6) is 5.88 Å². The molecule has 144 valence electrons. The Labute approximate surface area is 168 Å². The molecule has 4 aromatic rings. The third kappa shape index (κ3) is 3.55. The fraction of sp³-hybridized carbons (Fsp3) is 0.125. The van der Waals surface area contributed by atoms with E-state index in [1.165, 1.54) is 4.57 Å². The molecule has 5 nitrogen and oxygen atoms in total. The summed E-state index contributed by atoms with van der Waals surface area (Å²) in [6, 6.07) is 16.8. The Morgan fingerprint density at radius 2 is 1.72 bits per heavy atom. The predicted molar refractivity (Wildman–Crippen MR) is 116 cm³/mol. The van der Waals surface area contributed by atoms with Crippen molar-refractivity contribution >= 4 is 17.0 Å². The molecule has 2 aromatic heterocycles. The number of aryl methyl sites for hydroxylation is 2. The molecule has 4 rings (SSSR count). The van der Waals surface area contributed by atoms with Gasteiger partial charge in [-0.05, 0) is 60.9 Å². The summed E-state index contributed by atoms with van der Waals surface area (Å²) in [5, 5.41) is 12.3. The number of hydrogen-bond acceptors (Lipinski definition) is 4. The van der Waals surface area contributed by atoms with Crippen LogP contribution in [0.2, 0.25) is 0 Å². The molecule has 0 saturated carbocycles. The molecule has 0 saturated heterocycles. The van der Waals surface area contributed by atoms with E-state index in [0.29, 0.717) is 28.6 Å². The second kappa shape index (κ2) is 7.72. The van der Waals surface area contributed by atoms with E-state index in [4.69, 9.17) is 0 Å². The van der Waals surface area contributed by atoms with Gasteiger partial charge in [0.25, 0.3) is 5.56 Å². The summed E-state index contributed by atoms with van der Waals surface area (Å²) in [7, 11) is 0. The normalized spacial score (nSPS) is 11.4. The second-order valence-electron chi connectivity index (χ2n) is 7.02. The Balaban J connectivity index is 1.89. The van der Waals surface area contributed by atoms with E-state index in [1.807, 2.05) is 62.4 Å². The highest BCUT2D eigenvalue weighted by atomic mass is 16.3. The molecule has 5 heteroatoms. The van der Waals surface area contributed by atoms with Crippen LogP contribution in [0.15, 0.2) is 76.8 Å². The van der Waals surface area contributed by atoms with Crippen molar-refractivity contribution in [1.29, 1.82) is 0 Å². The topological polar surface area (TPSA) is 67.5 Å². The number of nitrogens with zero attached hydrogens (tertiary/aromatic N) is 3. The molecule has 0 aliphatic rings. The van der Waals surface area contributed by atoms with Gasteiger partial charge in [-0.25, -0.2) is 4.57 Å². The molecule has 0 atom stereocenters. The molecule has 0 amide bonds. The van der Waals surface area contributed by atoms with Crippen LogP contribution < -0.4 is 5.56 Å². The zero-order valence-electron chi connectivity index (χ0n) is 16.3. The summed E-state index contributed by atoms with van der Waals surface area (Å²) < 4.78 is 1.35. The number of benzene rings is 2. The van der Waals surface area contributed by atoms with Crippen LogP contribution in [0.1, 0.15) is 22.3 Å². The van der Waals surface area contributed by atoms with Gasteiger partial charge in [0.2, 0.25) is 5.88 Å². The molecule has 2 aromatic carbocycles. The number of rotatable bonds is 4. The van der Waals surface area contributed by atoms with E-state index >= 15 is 0 Å². The van der Waals surface area contributed by atoms with E-state index in [2.05, 4.69) is 9.98 Å². The van der Waals surface area contributed by atoms with Crippen molar-refractivity contribution in [1.82, 2.24) is 9.55 Å². The molecule has 0 aliphatic carbocycles. The molecule has 1 N–H and O–H groups in total. The molecule has 2 heterocycles. The first kappa shape index (κ1) is 18.6. The summed E-state index contributed by atoms with van der Waals surface area (Å²) in [5.74, 6) is -0.115. The third-order valence-electron chi connectivity index (χ3n) is 5.10. The van der Waals surface area contributed by atoms with Crippen molar-refractivity contribution in [3.63, 3.8) is 0 Å². The molecule has 29 heavy (non-hydrogen) atoms. The lowest BCUT2D eigenvalue weighted by molar-refractivity contribution is 0.436. The Kier molecular flexibility index (Phi) is 4.96. The molecule has 0 aliphatic heterocycles. The highest BCUT2D eigenvalue weighted by molar-refractivity contribution is 6.01. The maximum atomic E-state index is 13.1. The first-order valence-corrected chi connectivity index (χ1v) is 9.39. The molecule has 0 fully saturated rings. The molecule has 0 radical (unpaired) electrons. The summed E-state index contributed by atoms with van der Waals surface area (Å²) >= 11 is 0. The molecule has 0 bridgehead atoms. The molecular formula is C24H21N3O2. The van der Waals surface area contributed by atoms with Gasteiger partial charge in [0.05, 0.1) is 17.8 Å². The average Bonchev–Trinajstić information content (AvgIpc) is 2.74. The van der Waals surface area contributed by atoms with Crippen molar-refractivity contribution < 1.29 is 5.11 Å². The van der Waals surface area contributed by atoms with Gasteiger partial charge in [-0.1, -0.05) is 24.3 Å². The van der Waals surface area contributed by atoms with Crippen LogP contribution in [0, 0.1) is 13.8 Å². The minimum Gasteiger partial charge on any atom is -0.494 e. The van der Waals surface area contributed by atoms with Crippen LogP contribution in [-0.2, 0) is 6.54 Å². The summed E-state index contributed by atoms with van der Waals surface area (Å²) in [6.45, 7) is 4.46. The van der Waals surface area contributed by atoms with Crippen LogP contribution in [-0.4, -0.2) is 20.9 Å². The second-order valence-corrected chi connectivity index (χ2v) is 7.02. The van der Waals surface area contributed by atoms with Crippen LogP contribution >= 0.6 is 0 Å². The van der Waals surface area contributed by atoms with Gasteiger partial charge in [-0.15, -0.1) is 0 Å². The number of aromatic hydroxyl groups is 1. The maximum absolute atomic E-state index is 13.1. The van der Waals surface area contributed by atoms with Crippen molar-refractivity contribution in [2.24, 2.45) is 4.99 Å². The van der Waals surface area contributed by atoms with E-state index in [-0.39, 0.29) is 11.4 Å². The van der Waals surface area contributed by atoms with Crippen molar-refractivity contribution in [2.45, 2.75) is 20.4 Å². The van der Waals surface area contributed by atoms with Gasteiger partial charge in [0.1, 0.15) is 0 Å². The SMILES string of the molecule is Cc1ccc(-n2c(O)c(C=NCc3ccncc3)c3ccccc3c2=O)cc1C. The Morgan fingerprint density at radius 1 is 1.00 bits per heavy atom. The van der Waals surface area contributed by atoms with Crippen LogP contribution in [0.25, 0.3) is 16.5 Å². The fourth-order valence-electron chi connectivity index (χ4n) is 3.32.